The Hall–Kier alpha value is -3.87. The van der Waals surface area contributed by atoms with E-state index in [1.807, 2.05) is 0 Å². The normalized spacial score (nSPS) is 16.0. The molecule has 0 radical (unpaired) electrons. The van der Waals surface area contributed by atoms with Crippen LogP contribution >= 0.6 is 0 Å². The lowest BCUT2D eigenvalue weighted by Gasteiger charge is -2.22. The molecule has 1 aromatic carbocycles. The summed E-state index contributed by atoms with van der Waals surface area (Å²) in [6.07, 6.45) is -5.15. The lowest BCUT2D eigenvalue weighted by molar-refractivity contribution is -0.216. The van der Waals surface area contributed by atoms with Crippen LogP contribution in [0.3, 0.4) is 0 Å². The van der Waals surface area contributed by atoms with Gasteiger partial charge in [-0.2, -0.15) is 18.3 Å². The van der Waals surface area contributed by atoms with Crippen LogP contribution in [0.25, 0.3) is 10.9 Å². The number of ether oxygens (including phenoxy) is 2. The molecule has 0 spiro atoms. The fourth-order valence-electron chi connectivity index (χ4n) is 3.81. The Kier molecular flexibility index (Phi) is 5.74. The van der Waals surface area contributed by atoms with Crippen LogP contribution < -0.4 is 20.7 Å². The second-order valence-corrected chi connectivity index (χ2v) is 8.18. The van der Waals surface area contributed by atoms with Gasteiger partial charge in [0.05, 0.1) is 33.4 Å². The number of rotatable bonds is 8. The maximum atomic E-state index is 13.9. The van der Waals surface area contributed by atoms with E-state index in [-0.39, 0.29) is 45.8 Å². The standard InChI is InChI=1S/C23H25F3N6O4/c1-27-22(34)13-10-28-16(30-21(33)11-5-6-11)9-14(13)29-20-17-15(32(2)31-20)8-7-12(18(17)35-3)19(36-4)23(24,25)26/h7-11,19H,5-6H2,1-4H3,(H,27,34)(H2,28,29,30,31,33)/t19-/m0/s1/i4D3. The Morgan fingerprint density at radius 2 is 2.06 bits per heavy atom. The fourth-order valence-corrected chi connectivity index (χ4v) is 3.81. The number of carbonyl (C=O) groups excluding carboxylic acids is 2. The zero-order chi connectivity index (χ0) is 28.7. The number of methoxy groups -OCH3 is 2. The molecule has 10 nitrogen and oxygen atoms in total. The Morgan fingerprint density at radius 3 is 2.67 bits per heavy atom. The van der Waals surface area contributed by atoms with Gasteiger partial charge in [0.15, 0.2) is 11.9 Å². The van der Waals surface area contributed by atoms with Gasteiger partial charge in [0.2, 0.25) is 5.91 Å². The first-order chi connectivity index (χ1) is 18.2. The number of halogens is 3. The van der Waals surface area contributed by atoms with Gasteiger partial charge in [-0.15, -0.1) is 0 Å². The van der Waals surface area contributed by atoms with E-state index < -0.39 is 30.8 Å². The smallest absolute Gasteiger partial charge is 0.418 e. The highest BCUT2D eigenvalue weighted by atomic mass is 19.4. The molecule has 1 atom stereocenters. The van der Waals surface area contributed by atoms with Crippen LogP contribution in [0.1, 0.15) is 39.0 Å². The lowest BCUT2D eigenvalue weighted by Crippen LogP contribution is -2.23. The highest BCUT2D eigenvalue weighted by Gasteiger charge is 2.43. The number of pyridine rings is 1. The molecular weight excluding hydrogens is 481 g/mol. The number of hydrogen-bond acceptors (Lipinski definition) is 7. The van der Waals surface area contributed by atoms with Crippen molar-refractivity contribution in [2.24, 2.45) is 13.0 Å². The second kappa shape index (κ2) is 9.64. The monoisotopic (exact) mass is 509 g/mol. The van der Waals surface area contributed by atoms with Crippen LogP contribution in [-0.2, 0) is 16.6 Å². The lowest BCUT2D eigenvalue weighted by atomic mass is 10.0. The van der Waals surface area contributed by atoms with Gasteiger partial charge in [0.1, 0.15) is 11.6 Å². The van der Waals surface area contributed by atoms with Crippen molar-refractivity contribution in [3.63, 3.8) is 0 Å². The first-order valence-electron chi connectivity index (χ1n) is 12.3. The van der Waals surface area contributed by atoms with E-state index in [1.165, 1.54) is 30.1 Å². The molecule has 0 aliphatic heterocycles. The number of aromatic nitrogens is 3. The predicted molar refractivity (Wildman–Crippen MR) is 125 cm³/mol. The molecular formula is C23H25F3N6O4. The third kappa shape index (κ3) is 4.78. The minimum atomic E-state index is -5.09. The third-order valence-electron chi connectivity index (χ3n) is 5.73. The summed E-state index contributed by atoms with van der Waals surface area (Å²) < 4.78 is 74.7. The molecule has 1 saturated carbocycles. The molecule has 4 rings (SSSR count). The van der Waals surface area contributed by atoms with E-state index in [0.29, 0.717) is 5.52 Å². The van der Waals surface area contributed by atoms with Gasteiger partial charge < -0.3 is 25.4 Å². The maximum absolute atomic E-state index is 13.9. The van der Waals surface area contributed by atoms with Crippen molar-refractivity contribution in [2.45, 2.75) is 25.1 Å². The summed E-state index contributed by atoms with van der Waals surface area (Å²) >= 11 is 0. The van der Waals surface area contributed by atoms with Crippen LogP contribution in [0, 0.1) is 5.92 Å². The molecule has 2 heterocycles. The van der Waals surface area contributed by atoms with Gasteiger partial charge >= 0.3 is 6.18 Å². The zero-order valence-corrected chi connectivity index (χ0v) is 19.5. The fraction of sp³-hybridized carbons (Fsp3) is 0.391. The van der Waals surface area contributed by atoms with Gasteiger partial charge in [-0.25, -0.2) is 4.98 Å². The summed E-state index contributed by atoms with van der Waals surface area (Å²) in [5.41, 5.74) is -0.0298. The van der Waals surface area contributed by atoms with Crippen LogP contribution in [0.15, 0.2) is 24.4 Å². The van der Waals surface area contributed by atoms with Crippen molar-refractivity contribution >= 4 is 40.0 Å². The summed E-state index contributed by atoms with van der Waals surface area (Å²) in [5.74, 6) is -1.03. The van der Waals surface area contributed by atoms with Gasteiger partial charge in [-0.1, -0.05) is 6.07 Å². The van der Waals surface area contributed by atoms with Gasteiger partial charge in [0.25, 0.3) is 5.91 Å². The molecule has 1 fully saturated rings. The van der Waals surface area contributed by atoms with Gasteiger partial charge in [-0.05, 0) is 18.9 Å². The summed E-state index contributed by atoms with van der Waals surface area (Å²) in [4.78, 5) is 28.9. The molecule has 0 bridgehead atoms. The molecule has 1 aliphatic rings. The minimum absolute atomic E-state index is 0.00293. The van der Waals surface area contributed by atoms with Crippen molar-refractivity contribution in [1.29, 1.82) is 0 Å². The topological polar surface area (TPSA) is 119 Å². The van der Waals surface area contributed by atoms with E-state index in [9.17, 15) is 22.8 Å². The minimum Gasteiger partial charge on any atom is -0.496 e. The largest absolute Gasteiger partial charge is 0.496 e. The molecule has 192 valence electrons. The number of aryl methyl sites for hydroxylation is 1. The van der Waals surface area contributed by atoms with Gasteiger partial charge in [-0.3, -0.25) is 14.3 Å². The molecule has 2 aromatic heterocycles. The van der Waals surface area contributed by atoms with Crippen molar-refractivity contribution in [1.82, 2.24) is 20.1 Å². The molecule has 13 heteroatoms. The Bertz CT molecular complexity index is 1420. The number of amides is 2. The summed E-state index contributed by atoms with van der Waals surface area (Å²) in [7, 11) is 0.728. The van der Waals surface area contributed by atoms with E-state index in [2.05, 4.69) is 30.8 Å². The summed E-state index contributed by atoms with van der Waals surface area (Å²) in [5, 5.41) is 12.5. The molecule has 1 aliphatic carbocycles. The van der Waals surface area contributed by atoms with Crippen molar-refractivity contribution in [3.8, 4) is 5.75 Å². The molecule has 0 unspecified atom stereocenters. The second-order valence-electron chi connectivity index (χ2n) is 8.18. The molecule has 3 aromatic rings. The highest BCUT2D eigenvalue weighted by Crippen LogP contribution is 2.44. The Morgan fingerprint density at radius 1 is 1.31 bits per heavy atom. The number of alkyl halides is 3. The quantitative estimate of drug-likeness (QED) is 0.424. The summed E-state index contributed by atoms with van der Waals surface area (Å²) in [6, 6.07) is 3.78. The van der Waals surface area contributed by atoms with Crippen molar-refractivity contribution in [3.05, 3.63) is 35.5 Å². The van der Waals surface area contributed by atoms with Crippen LogP contribution in [0.4, 0.5) is 30.5 Å². The number of nitrogens with one attached hydrogen (secondary N) is 3. The van der Waals surface area contributed by atoms with Crippen molar-refractivity contribution < 1.29 is 36.3 Å². The molecule has 3 N–H and O–H groups in total. The Labute approximate surface area is 208 Å². The SMILES string of the molecule is [2H]C([2H])([2H])O[C@@H](c1ccc2c(c(Nc3cc(NC(=O)C4CC4)ncc3C(=O)NC)nn2C)c1OC)C(F)(F)F. The number of fused-ring (bicyclic) bond motifs is 1. The van der Waals surface area contributed by atoms with Gasteiger partial charge in [0, 0.05) is 44.9 Å². The van der Waals surface area contributed by atoms with E-state index in [4.69, 9.17) is 8.85 Å². The number of anilines is 3. The summed E-state index contributed by atoms with van der Waals surface area (Å²) in [6.45, 7) is 0. The van der Waals surface area contributed by atoms with Crippen LogP contribution in [0.2, 0.25) is 0 Å². The number of hydrogen-bond donors (Lipinski definition) is 3. The number of carbonyl (C=O) groups is 2. The van der Waals surface area contributed by atoms with E-state index in [0.717, 1.165) is 26.0 Å². The molecule has 0 saturated heterocycles. The van der Waals surface area contributed by atoms with Crippen LogP contribution in [-0.4, -0.2) is 54.0 Å². The van der Waals surface area contributed by atoms with E-state index in [1.54, 1.807) is 7.05 Å². The maximum Gasteiger partial charge on any atom is 0.418 e. The van der Waals surface area contributed by atoms with E-state index >= 15 is 0 Å². The number of nitrogens with zero attached hydrogens (tertiary/aromatic N) is 3. The zero-order valence-electron chi connectivity index (χ0n) is 22.5. The molecule has 36 heavy (non-hydrogen) atoms. The first kappa shape index (κ1) is 21.4. The number of benzene rings is 1. The predicted octanol–water partition coefficient (Wildman–Crippen LogP) is 3.68. The highest BCUT2D eigenvalue weighted by molar-refractivity contribution is 6.04. The van der Waals surface area contributed by atoms with Crippen molar-refractivity contribution in [2.75, 3.05) is 31.8 Å². The average molecular weight is 510 g/mol. The molecule has 2 amide bonds. The third-order valence-corrected chi connectivity index (χ3v) is 5.73. The Balaban J connectivity index is 1.84. The average Bonchev–Trinajstić information content (AvgIpc) is 3.66. The van der Waals surface area contributed by atoms with Crippen LogP contribution in [0.5, 0.6) is 5.75 Å². The first-order valence-corrected chi connectivity index (χ1v) is 10.8.